The normalized spacial score (nSPS) is 12.3. The first-order valence-electron chi connectivity index (χ1n) is 4.67. The van der Waals surface area contributed by atoms with Crippen molar-refractivity contribution in [2.75, 3.05) is 6.79 Å². The first kappa shape index (κ1) is 9.60. The number of benzene rings is 1. The van der Waals surface area contributed by atoms with Crippen molar-refractivity contribution in [1.82, 2.24) is 0 Å². The SMILES string of the molecule is C=C(C)c1cc2c(cc1CC#N)OCO2. The highest BCUT2D eigenvalue weighted by Gasteiger charge is 2.17. The molecule has 15 heavy (non-hydrogen) atoms. The molecule has 0 aromatic heterocycles. The van der Waals surface area contributed by atoms with Gasteiger partial charge in [-0.25, -0.2) is 0 Å². The summed E-state index contributed by atoms with van der Waals surface area (Å²) in [6.07, 6.45) is 0.360. The number of fused-ring (bicyclic) bond motifs is 1. The van der Waals surface area contributed by atoms with Crippen LogP contribution in [0.4, 0.5) is 0 Å². The Labute approximate surface area is 88.5 Å². The molecule has 0 atom stereocenters. The van der Waals surface area contributed by atoms with Crippen LogP contribution in [0.1, 0.15) is 18.1 Å². The number of ether oxygens (including phenoxy) is 2. The number of allylic oxidation sites excluding steroid dienone is 1. The fraction of sp³-hybridized carbons (Fsp3) is 0.250. The summed E-state index contributed by atoms with van der Waals surface area (Å²) in [7, 11) is 0. The van der Waals surface area contributed by atoms with E-state index in [1.807, 2.05) is 19.1 Å². The number of hydrogen-bond donors (Lipinski definition) is 0. The van der Waals surface area contributed by atoms with Crippen molar-refractivity contribution in [2.24, 2.45) is 0 Å². The predicted molar refractivity (Wildman–Crippen MR) is 56.6 cm³/mol. The molecular weight excluding hydrogens is 190 g/mol. The third-order valence-electron chi connectivity index (χ3n) is 2.33. The van der Waals surface area contributed by atoms with E-state index in [0.717, 1.165) is 22.4 Å². The van der Waals surface area contributed by atoms with Crippen LogP contribution in [0.3, 0.4) is 0 Å². The standard InChI is InChI=1S/C12H11NO2/c1-8(2)10-6-12-11(14-7-15-12)5-9(10)3-4-13/h5-6H,1,3,7H2,2H3. The van der Waals surface area contributed by atoms with Crippen molar-refractivity contribution in [3.8, 4) is 17.6 Å². The first-order chi connectivity index (χ1) is 7.22. The van der Waals surface area contributed by atoms with Crippen molar-refractivity contribution in [3.05, 3.63) is 29.8 Å². The molecule has 0 N–H and O–H groups in total. The number of hydrogen-bond acceptors (Lipinski definition) is 3. The fourth-order valence-electron chi connectivity index (χ4n) is 1.61. The van der Waals surface area contributed by atoms with Gasteiger partial charge >= 0.3 is 0 Å². The molecule has 0 unspecified atom stereocenters. The zero-order chi connectivity index (χ0) is 10.8. The Morgan fingerprint density at radius 1 is 1.47 bits per heavy atom. The van der Waals surface area contributed by atoms with Gasteiger partial charge in [0.15, 0.2) is 11.5 Å². The van der Waals surface area contributed by atoms with E-state index in [1.165, 1.54) is 0 Å². The van der Waals surface area contributed by atoms with Crippen molar-refractivity contribution < 1.29 is 9.47 Å². The molecule has 76 valence electrons. The number of rotatable bonds is 2. The maximum absolute atomic E-state index is 8.72. The molecule has 2 rings (SSSR count). The zero-order valence-electron chi connectivity index (χ0n) is 8.54. The Balaban J connectivity index is 2.53. The lowest BCUT2D eigenvalue weighted by Crippen LogP contribution is -1.92. The summed E-state index contributed by atoms with van der Waals surface area (Å²) in [6, 6.07) is 5.88. The van der Waals surface area contributed by atoms with Gasteiger partial charge in [-0.15, -0.1) is 0 Å². The third kappa shape index (κ3) is 1.66. The topological polar surface area (TPSA) is 42.2 Å². The molecule has 0 saturated carbocycles. The minimum atomic E-state index is 0.251. The second-order valence-electron chi connectivity index (χ2n) is 3.48. The predicted octanol–water partition coefficient (Wildman–Crippen LogP) is 2.51. The molecule has 0 fully saturated rings. The van der Waals surface area contributed by atoms with E-state index in [9.17, 15) is 0 Å². The smallest absolute Gasteiger partial charge is 0.231 e. The maximum Gasteiger partial charge on any atom is 0.231 e. The van der Waals surface area contributed by atoms with Crippen LogP contribution in [0.2, 0.25) is 0 Å². The van der Waals surface area contributed by atoms with E-state index < -0.39 is 0 Å². The van der Waals surface area contributed by atoms with Crippen molar-refractivity contribution in [1.29, 1.82) is 5.26 Å². The molecule has 1 heterocycles. The van der Waals surface area contributed by atoms with Crippen molar-refractivity contribution in [3.63, 3.8) is 0 Å². The van der Waals surface area contributed by atoms with Gasteiger partial charge in [0.05, 0.1) is 12.5 Å². The lowest BCUT2D eigenvalue weighted by Gasteiger charge is -2.07. The van der Waals surface area contributed by atoms with Gasteiger partial charge in [0.2, 0.25) is 6.79 Å². The molecule has 3 heteroatoms. The molecule has 0 spiro atoms. The van der Waals surface area contributed by atoms with E-state index in [4.69, 9.17) is 14.7 Å². The first-order valence-corrected chi connectivity index (χ1v) is 4.67. The highest BCUT2D eigenvalue weighted by molar-refractivity contribution is 5.68. The Morgan fingerprint density at radius 2 is 2.13 bits per heavy atom. The van der Waals surface area contributed by atoms with Crippen LogP contribution < -0.4 is 9.47 Å². The molecule has 1 aliphatic heterocycles. The summed E-state index contributed by atoms with van der Waals surface area (Å²) in [6.45, 7) is 6.05. The molecule has 1 aliphatic rings. The van der Waals surface area contributed by atoms with Crippen LogP contribution in [0.5, 0.6) is 11.5 Å². The molecule has 1 aromatic rings. The van der Waals surface area contributed by atoms with Crippen LogP contribution in [0.15, 0.2) is 18.7 Å². The van der Waals surface area contributed by atoms with Crippen LogP contribution in [0, 0.1) is 11.3 Å². The Kier molecular flexibility index (Phi) is 2.34. The lowest BCUT2D eigenvalue weighted by atomic mass is 9.99. The van der Waals surface area contributed by atoms with E-state index in [-0.39, 0.29) is 6.79 Å². The summed E-state index contributed by atoms with van der Waals surface area (Å²) >= 11 is 0. The molecule has 0 saturated heterocycles. The third-order valence-corrected chi connectivity index (χ3v) is 2.33. The molecule has 0 radical (unpaired) electrons. The van der Waals surface area contributed by atoms with E-state index >= 15 is 0 Å². The number of nitriles is 1. The Hall–Kier alpha value is -1.95. The highest BCUT2D eigenvalue weighted by Crippen LogP contribution is 2.36. The zero-order valence-corrected chi connectivity index (χ0v) is 8.54. The summed E-state index contributed by atoms with van der Waals surface area (Å²) in [5.74, 6) is 1.44. The fourth-order valence-corrected chi connectivity index (χ4v) is 1.61. The molecule has 3 nitrogen and oxygen atoms in total. The monoisotopic (exact) mass is 201 g/mol. The van der Waals surface area contributed by atoms with Gasteiger partial charge in [-0.2, -0.15) is 5.26 Å². The Bertz CT molecular complexity index is 457. The van der Waals surface area contributed by atoms with Crippen LogP contribution in [-0.4, -0.2) is 6.79 Å². The quantitative estimate of drug-likeness (QED) is 0.738. The van der Waals surface area contributed by atoms with E-state index in [2.05, 4.69) is 12.6 Å². The minimum absolute atomic E-state index is 0.251. The molecule has 0 bridgehead atoms. The average Bonchev–Trinajstić information content (AvgIpc) is 2.63. The molecular formula is C12H11NO2. The van der Waals surface area contributed by atoms with Gasteiger partial charge < -0.3 is 9.47 Å². The van der Waals surface area contributed by atoms with E-state index in [0.29, 0.717) is 12.2 Å². The number of nitrogens with zero attached hydrogens (tertiary/aromatic N) is 1. The van der Waals surface area contributed by atoms with Gasteiger partial charge in [-0.1, -0.05) is 12.2 Å². The summed E-state index contributed by atoms with van der Waals surface area (Å²) in [4.78, 5) is 0. The summed E-state index contributed by atoms with van der Waals surface area (Å²) < 4.78 is 10.5. The van der Waals surface area contributed by atoms with Gasteiger partial charge in [0.25, 0.3) is 0 Å². The second kappa shape index (κ2) is 3.66. The van der Waals surface area contributed by atoms with Crippen LogP contribution >= 0.6 is 0 Å². The maximum atomic E-state index is 8.72. The van der Waals surface area contributed by atoms with Crippen molar-refractivity contribution in [2.45, 2.75) is 13.3 Å². The van der Waals surface area contributed by atoms with Gasteiger partial charge in [0, 0.05) is 0 Å². The van der Waals surface area contributed by atoms with Gasteiger partial charge in [-0.05, 0) is 30.2 Å². The summed E-state index contributed by atoms with van der Waals surface area (Å²) in [5.41, 5.74) is 2.84. The minimum Gasteiger partial charge on any atom is -0.454 e. The average molecular weight is 201 g/mol. The van der Waals surface area contributed by atoms with E-state index in [1.54, 1.807) is 0 Å². The largest absolute Gasteiger partial charge is 0.454 e. The highest BCUT2D eigenvalue weighted by atomic mass is 16.7. The molecule has 0 aliphatic carbocycles. The van der Waals surface area contributed by atoms with Crippen molar-refractivity contribution >= 4 is 5.57 Å². The molecule has 0 amide bonds. The van der Waals surface area contributed by atoms with Crippen LogP contribution in [0.25, 0.3) is 5.57 Å². The van der Waals surface area contributed by atoms with Crippen LogP contribution in [-0.2, 0) is 6.42 Å². The lowest BCUT2D eigenvalue weighted by molar-refractivity contribution is 0.174. The Morgan fingerprint density at radius 3 is 2.73 bits per heavy atom. The molecule has 1 aromatic carbocycles. The van der Waals surface area contributed by atoms with Gasteiger partial charge in [0.1, 0.15) is 0 Å². The second-order valence-corrected chi connectivity index (χ2v) is 3.48. The summed E-state index contributed by atoms with van der Waals surface area (Å²) in [5, 5.41) is 8.72. The van der Waals surface area contributed by atoms with Gasteiger partial charge in [-0.3, -0.25) is 0 Å².